The smallest absolute Gasteiger partial charge is 0.143 e. The molecule has 0 unspecified atom stereocenters. The fourth-order valence-electron chi connectivity index (χ4n) is 21.5. The standard InChI is InChI=1S/C46H28O.C44H38O.C42H26O/c1-2-11-30(12-3-1)45-37-16-8-9-17-38(37)46(39-22-20-35(26-42(39)45)34-19-18-29-10-4-5-13-31(29)24-34)36-21-23-43-40(27-36)41-25-32-14-6-7-15-33(32)28-44(41)47-43;1-43(2,3)30-19-22-34-37(25-30)40(28-13-8-7-9-14-28)33-21-18-31(44(4,5)6)26-38(33)41(34)29-17-23-39-36(24-29)35-20-16-27-12-10-11-15-32(27)42(35)45-39;1-3-11-27(12-4-1)31-19-21-35-38(24-31)42(34-18-10-9-17-33(34)41(35)28-13-5-2-6-14-28)32-20-22-39-36(25-32)37-23-29-15-7-8-16-30(29)26-40(37)43-39/h1-28H;7-26H,1-6H3;1-26H. The maximum atomic E-state index is 6.53. The molecule has 24 aromatic carbocycles. The van der Waals surface area contributed by atoms with E-state index in [1.165, 1.54) is 202 Å². The Morgan fingerprint density at radius 2 is 0.393 bits per heavy atom. The van der Waals surface area contributed by atoms with Gasteiger partial charge in [-0.25, -0.2) is 0 Å². The summed E-state index contributed by atoms with van der Waals surface area (Å²) in [4.78, 5) is 0. The van der Waals surface area contributed by atoms with E-state index in [4.69, 9.17) is 13.3 Å². The van der Waals surface area contributed by atoms with Crippen molar-refractivity contribution in [1.29, 1.82) is 0 Å². The summed E-state index contributed by atoms with van der Waals surface area (Å²) >= 11 is 0. The van der Waals surface area contributed by atoms with Crippen molar-refractivity contribution in [2.75, 3.05) is 0 Å². The molecule has 0 fully saturated rings. The molecule has 0 radical (unpaired) electrons. The van der Waals surface area contributed by atoms with Gasteiger partial charge >= 0.3 is 0 Å². The van der Waals surface area contributed by atoms with Crippen LogP contribution >= 0.6 is 0 Å². The molecule has 27 aromatic rings. The average molecular weight is 1730 g/mol. The molecule has 135 heavy (non-hydrogen) atoms. The molecule has 3 heterocycles. The number of fused-ring (bicyclic) bond motifs is 20. The summed E-state index contributed by atoms with van der Waals surface area (Å²) in [6.07, 6.45) is 0. The van der Waals surface area contributed by atoms with Crippen molar-refractivity contribution in [3.05, 3.63) is 460 Å². The second-order valence-corrected chi connectivity index (χ2v) is 38.4. The lowest BCUT2D eigenvalue weighted by Gasteiger charge is -2.25. The average Bonchev–Trinajstić information content (AvgIpc) is 1.54. The molecule has 0 atom stereocenters. The molecule has 3 heteroatoms. The summed E-state index contributed by atoms with van der Waals surface area (Å²) < 4.78 is 19.3. The molecule has 0 saturated heterocycles. The molecular weight excluding hydrogens is 1630 g/mol. The maximum absolute atomic E-state index is 6.53. The van der Waals surface area contributed by atoms with Gasteiger partial charge in [0.1, 0.15) is 33.5 Å². The van der Waals surface area contributed by atoms with Crippen LogP contribution in [0, 0.1) is 0 Å². The van der Waals surface area contributed by atoms with Crippen LogP contribution in [0.5, 0.6) is 0 Å². The van der Waals surface area contributed by atoms with E-state index in [0.717, 1.165) is 71.2 Å². The predicted octanol–water partition coefficient (Wildman–Crippen LogP) is 38.2. The highest BCUT2D eigenvalue weighted by Gasteiger charge is 2.27. The number of hydrogen-bond acceptors (Lipinski definition) is 3. The van der Waals surface area contributed by atoms with Crippen LogP contribution < -0.4 is 0 Å². The first kappa shape index (κ1) is 80.4. The summed E-state index contributed by atoms with van der Waals surface area (Å²) in [5.41, 5.74) is 28.0. The van der Waals surface area contributed by atoms with Gasteiger partial charge in [-0.15, -0.1) is 0 Å². The monoisotopic (exact) mass is 1720 g/mol. The van der Waals surface area contributed by atoms with Crippen molar-refractivity contribution < 1.29 is 13.3 Å². The predicted molar refractivity (Wildman–Crippen MR) is 577 cm³/mol. The van der Waals surface area contributed by atoms with Crippen LogP contribution in [0.1, 0.15) is 52.7 Å². The third-order valence-corrected chi connectivity index (χ3v) is 28.2. The number of rotatable bonds is 8. The Morgan fingerprint density at radius 1 is 0.133 bits per heavy atom. The zero-order valence-electron chi connectivity index (χ0n) is 75.9. The summed E-state index contributed by atoms with van der Waals surface area (Å²) in [6, 6.07) is 163. The van der Waals surface area contributed by atoms with E-state index in [1.807, 2.05) is 0 Å². The Balaban J connectivity index is 0.000000108. The molecule has 0 aliphatic rings. The number of benzene rings is 24. The fourth-order valence-corrected chi connectivity index (χ4v) is 21.5. The zero-order chi connectivity index (χ0) is 90.3. The largest absolute Gasteiger partial charge is 0.456 e. The van der Waals surface area contributed by atoms with Gasteiger partial charge in [0, 0.05) is 37.7 Å². The molecule has 0 N–H and O–H groups in total. The Bertz CT molecular complexity index is 9490. The summed E-state index contributed by atoms with van der Waals surface area (Å²) in [6.45, 7) is 13.8. The summed E-state index contributed by atoms with van der Waals surface area (Å²) in [7, 11) is 0. The minimum Gasteiger partial charge on any atom is -0.456 e. The molecule has 27 rings (SSSR count). The Morgan fingerprint density at radius 3 is 0.822 bits per heavy atom. The normalized spacial score (nSPS) is 12.1. The van der Waals surface area contributed by atoms with Crippen LogP contribution in [0.2, 0.25) is 0 Å². The van der Waals surface area contributed by atoms with Gasteiger partial charge < -0.3 is 13.3 Å². The van der Waals surface area contributed by atoms with E-state index in [1.54, 1.807) is 0 Å². The van der Waals surface area contributed by atoms with Crippen molar-refractivity contribution >= 4 is 174 Å². The van der Waals surface area contributed by atoms with E-state index in [-0.39, 0.29) is 10.8 Å². The maximum Gasteiger partial charge on any atom is 0.143 e. The minimum absolute atomic E-state index is 0.0230. The van der Waals surface area contributed by atoms with Gasteiger partial charge in [0.05, 0.1) is 0 Å². The fraction of sp³-hybridized carbons (Fsp3) is 0.0606. The van der Waals surface area contributed by atoms with E-state index < -0.39 is 0 Å². The molecule has 638 valence electrons. The Kier molecular flexibility index (Phi) is 19.1. The van der Waals surface area contributed by atoms with E-state index in [9.17, 15) is 0 Å². The number of hydrogen-bond donors (Lipinski definition) is 0. The SMILES string of the molecule is CC(C)(C)c1ccc2c(-c3ccc4oc5c6ccccc6ccc5c4c3)c3cc(C(C)(C)C)ccc3c(-c3ccccc3)c2c1.c1ccc(-c2c3ccccc3c(-c3ccc4oc5cc6ccccc6cc5c4c3)c3ccc(-c4ccc5ccccc5c4)cc23)cc1.c1ccc(-c2ccc3c(-c4ccccc4)c4ccccc4c(-c4ccc5oc6cc7ccccc7cc6c5c4)c3c2)cc1. The molecular formula is C132H92O3. The molecule has 0 bridgehead atoms. The first-order valence-corrected chi connectivity index (χ1v) is 47.0. The molecule has 0 saturated carbocycles. The van der Waals surface area contributed by atoms with Crippen molar-refractivity contribution in [3.8, 4) is 89.0 Å². The second kappa shape index (κ2) is 32.1. The second-order valence-electron chi connectivity index (χ2n) is 38.4. The molecule has 0 amide bonds. The van der Waals surface area contributed by atoms with Gasteiger partial charge in [-0.3, -0.25) is 0 Å². The zero-order valence-corrected chi connectivity index (χ0v) is 75.9. The highest BCUT2D eigenvalue weighted by molar-refractivity contribution is 6.27. The van der Waals surface area contributed by atoms with Gasteiger partial charge in [0.2, 0.25) is 0 Å². The third kappa shape index (κ3) is 13.9. The van der Waals surface area contributed by atoms with Crippen LogP contribution in [0.4, 0.5) is 0 Å². The quantitative estimate of drug-likeness (QED) is 0.142. The van der Waals surface area contributed by atoms with Crippen molar-refractivity contribution in [3.63, 3.8) is 0 Å². The Labute approximate surface area is 782 Å². The molecule has 0 aliphatic heterocycles. The van der Waals surface area contributed by atoms with Crippen LogP contribution in [0.25, 0.3) is 263 Å². The van der Waals surface area contributed by atoms with Crippen LogP contribution in [0.15, 0.2) is 462 Å². The lowest BCUT2D eigenvalue weighted by Crippen LogP contribution is -2.11. The minimum atomic E-state index is 0.0230. The first-order chi connectivity index (χ1) is 66.2. The van der Waals surface area contributed by atoms with E-state index in [0.29, 0.717) is 0 Å². The van der Waals surface area contributed by atoms with E-state index in [2.05, 4.69) is 490 Å². The highest BCUT2D eigenvalue weighted by atomic mass is 16.3. The van der Waals surface area contributed by atoms with Crippen LogP contribution in [-0.2, 0) is 10.8 Å². The van der Waals surface area contributed by atoms with Gasteiger partial charge in [0.25, 0.3) is 0 Å². The number of furan rings is 3. The van der Waals surface area contributed by atoms with Crippen molar-refractivity contribution in [2.24, 2.45) is 0 Å². The van der Waals surface area contributed by atoms with Gasteiger partial charge in [-0.2, -0.15) is 0 Å². The highest BCUT2D eigenvalue weighted by Crippen LogP contribution is 2.52. The summed E-state index contributed by atoms with van der Waals surface area (Å²) in [5, 5.41) is 31.7. The first-order valence-electron chi connectivity index (χ1n) is 47.0. The van der Waals surface area contributed by atoms with Gasteiger partial charge in [-0.1, -0.05) is 393 Å². The van der Waals surface area contributed by atoms with Crippen LogP contribution in [-0.4, -0.2) is 0 Å². The Hall–Kier alpha value is -16.7. The molecule has 0 spiro atoms. The third-order valence-electron chi connectivity index (χ3n) is 28.2. The van der Waals surface area contributed by atoms with Gasteiger partial charge in [-0.05, 0) is 310 Å². The van der Waals surface area contributed by atoms with Gasteiger partial charge in [0.15, 0.2) is 0 Å². The molecule has 0 aliphatic carbocycles. The molecule has 3 aromatic heterocycles. The summed E-state index contributed by atoms with van der Waals surface area (Å²) in [5.74, 6) is 0. The topological polar surface area (TPSA) is 39.4 Å². The lowest BCUT2D eigenvalue weighted by atomic mass is 9.79. The van der Waals surface area contributed by atoms with Crippen molar-refractivity contribution in [2.45, 2.75) is 52.4 Å². The lowest BCUT2D eigenvalue weighted by molar-refractivity contribution is 0.590. The molecule has 3 nitrogen and oxygen atoms in total. The van der Waals surface area contributed by atoms with Crippen molar-refractivity contribution in [1.82, 2.24) is 0 Å². The van der Waals surface area contributed by atoms with E-state index >= 15 is 0 Å². The van der Waals surface area contributed by atoms with Crippen LogP contribution in [0.3, 0.4) is 0 Å².